The summed E-state index contributed by atoms with van der Waals surface area (Å²) in [6, 6.07) is 0. The lowest BCUT2D eigenvalue weighted by molar-refractivity contribution is 0.0589. The van der Waals surface area contributed by atoms with Crippen LogP contribution in [0.3, 0.4) is 0 Å². The van der Waals surface area contributed by atoms with Gasteiger partial charge < -0.3 is 14.8 Å². The fraction of sp³-hybridized carbons (Fsp3) is 0.444. The molecule has 0 radical (unpaired) electrons. The first-order valence-corrected chi connectivity index (χ1v) is 4.95. The van der Waals surface area contributed by atoms with Crippen LogP contribution in [-0.2, 0) is 4.74 Å². The molecule has 7 heteroatoms. The molecule has 0 atom stereocenters. The summed E-state index contributed by atoms with van der Waals surface area (Å²) in [4.78, 5) is 19.2. The Hall–Kier alpha value is -1.56. The summed E-state index contributed by atoms with van der Waals surface area (Å²) in [7, 11) is 2.63. The van der Waals surface area contributed by atoms with Crippen LogP contribution in [0.2, 0.25) is 5.15 Å². The Balaban J connectivity index is 3.20. The number of aromatic nitrogens is 2. The summed E-state index contributed by atoms with van der Waals surface area (Å²) in [5.41, 5.74) is -0.0448. The van der Waals surface area contributed by atoms with E-state index in [1.165, 1.54) is 14.2 Å². The molecule has 0 aliphatic carbocycles. The summed E-state index contributed by atoms with van der Waals surface area (Å²) >= 11 is 5.84. The zero-order valence-electron chi connectivity index (χ0n) is 9.20. The third-order valence-corrected chi connectivity index (χ3v) is 2.00. The Morgan fingerprint density at radius 1 is 1.44 bits per heavy atom. The molecule has 0 spiro atoms. The number of nitrogens with one attached hydrogen (secondary N) is 1. The van der Waals surface area contributed by atoms with E-state index < -0.39 is 5.97 Å². The number of ether oxygens (including phenoxy) is 2. The van der Waals surface area contributed by atoms with Gasteiger partial charge in [-0.15, -0.1) is 0 Å². The van der Waals surface area contributed by atoms with E-state index >= 15 is 0 Å². The lowest BCUT2D eigenvalue weighted by atomic mass is 10.4. The van der Waals surface area contributed by atoms with Gasteiger partial charge in [-0.2, -0.15) is 4.98 Å². The average molecular weight is 246 g/mol. The predicted octanol–water partition coefficient (Wildman–Crippen LogP) is 1.36. The molecule has 0 bridgehead atoms. The highest BCUT2D eigenvalue weighted by Crippen LogP contribution is 2.23. The van der Waals surface area contributed by atoms with Crippen molar-refractivity contribution in [2.24, 2.45) is 0 Å². The number of nitrogens with zero attached hydrogens (tertiary/aromatic N) is 2. The number of carbonyl (C=O) groups excluding carboxylic acids is 1. The maximum absolute atomic E-state index is 11.3. The van der Waals surface area contributed by atoms with Gasteiger partial charge in [0.1, 0.15) is 0 Å². The molecule has 6 nitrogen and oxygen atoms in total. The number of esters is 1. The molecule has 1 aromatic rings. The number of carbonyl (C=O) groups is 1. The summed E-state index contributed by atoms with van der Waals surface area (Å²) in [6.07, 6.45) is 0. The van der Waals surface area contributed by atoms with Gasteiger partial charge in [-0.05, 0) is 6.92 Å². The minimum absolute atomic E-state index is 0.0448. The first-order valence-electron chi connectivity index (χ1n) is 4.57. The fourth-order valence-electron chi connectivity index (χ4n) is 1.05. The van der Waals surface area contributed by atoms with Crippen molar-refractivity contribution >= 4 is 23.4 Å². The summed E-state index contributed by atoms with van der Waals surface area (Å²) in [5.74, 6) is -0.199. The van der Waals surface area contributed by atoms with Crippen molar-refractivity contribution in [2.45, 2.75) is 6.92 Å². The Labute approximate surface area is 97.9 Å². The quantitative estimate of drug-likeness (QED) is 0.808. The second-order valence-corrected chi connectivity index (χ2v) is 3.10. The molecule has 0 saturated heterocycles. The highest BCUT2D eigenvalue weighted by atomic mass is 35.5. The van der Waals surface area contributed by atoms with Gasteiger partial charge in [-0.3, -0.25) is 0 Å². The molecular formula is C9H12ClN3O3. The molecule has 1 heterocycles. The van der Waals surface area contributed by atoms with Crippen LogP contribution in [-0.4, -0.2) is 36.7 Å². The minimum atomic E-state index is -0.644. The van der Waals surface area contributed by atoms with Crippen LogP contribution in [0.1, 0.15) is 17.4 Å². The topological polar surface area (TPSA) is 73.3 Å². The number of hydrogen-bond acceptors (Lipinski definition) is 6. The van der Waals surface area contributed by atoms with Crippen LogP contribution >= 0.6 is 11.6 Å². The van der Waals surface area contributed by atoms with Gasteiger partial charge in [-0.1, -0.05) is 11.6 Å². The fourth-order valence-corrected chi connectivity index (χ4v) is 1.25. The number of halogens is 1. The van der Waals surface area contributed by atoms with E-state index in [1.807, 2.05) is 6.92 Å². The standard InChI is InChI=1S/C9H12ClN3O3/c1-4-11-7-6(10)12-5(9(14)16-3)8(13-7)15-2/h4H2,1-3H3,(H,11,13). The van der Waals surface area contributed by atoms with E-state index in [-0.39, 0.29) is 16.7 Å². The van der Waals surface area contributed by atoms with Crippen molar-refractivity contribution in [2.75, 3.05) is 26.1 Å². The molecule has 88 valence electrons. The Morgan fingerprint density at radius 2 is 2.12 bits per heavy atom. The molecule has 1 N–H and O–H groups in total. The second-order valence-electron chi connectivity index (χ2n) is 2.74. The van der Waals surface area contributed by atoms with Crippen molar-refractivity contribution in [3.63, 3.8) is 0 Å². The van der Waals surface area contributed by atoms with E-state index in [2.05, 4.69) is 20.0 Å². The first-order chi connectivity index (χ1) is 7.63. The van der Waals surface area contributed by atoms with Crippen LogP contribution in [0.5, 0.6) is 5.88 Å². The molecule has 0 aliphatic heterocycles. The maximum Gasteiger partial charge on any atom is 0.362 e. The van der Waals surface area contributed by atoms with Gasteiger partial charge in [0.05, 0.1) is 14.2 Å². The summed E-state index contributed by atoms with van der Waals surface area (Å²) < 4.78 is 9.47. The van der Waals surface area contributed by atoms with Crippen LogP contribution in [0.4, 0.5) is 5.82 Å². The Morgan fingerprint density at radius 3 is 2.62 bits per heavy atom. The van der Waals surface area contributed by atoms with Crippen LogP contribution in [0.25, 0.3) is 0 Å². The van der Waals surface area contributed by atoms with Gasteiger partial charge in [0.25, 0.3) is 0 Å². The van der Waals surface area contributed by atoms with Crippen molar-refractivity contribution in [3.05, 3.63) is 10.8 Å². The van der Waals surface area contributed by atoms with E-state index in [0.29, 0.717) is 12.4 Å². The molecule has 0 aliphatic rings. The zero-order chi connectivity index (χ0) is 12.1. The number of rotatable bonds is 4. The molecule has 16 heavy (non-hydrogen) atoms. The van der Waals surface area contributed by atoms with Crippen molar-refractivity contribution in [1.82, 2.24) is 9.97 Å². The van der Waals surface area contributed by atoms with Gasteiger partial charge in [0.15, 0.2) is 11.0 Å². The van der Waals surface area contributed by atoms with Gasteiger partial charge in [0, 0.05) is 6.54 Å². The smallest absolute Gasteiger partial charge is 0.362 e. The van der Waals surface area contributed by atoms with Gasteiger partial charge in [-0.25, -0.2) is 9.78 Å². The first kappa shape index (κ1) is 12.5. The van der Waals surface area contributed by atoms with E-state index in [1.54, 1.807) is 0 Å². The Kier molecular flexibility index (Phi) is 4.30. The highest BCUT2D eigenvalue weighted by Gasteiger charge is 2.19. The lowest BCUT2D eigenvalue weighted by Crippen LogP contribution is -2.11. The number of hydrogen-bond donors (Lipinski definition) is 1. The summed E-state index contributed by atoms with van der Waals surface area (Å²) in [6.45, 7) is 2.52. The van der Waals surface area contributed by atoms with E-state index in [9.17, 15) is 4.79 Å². The monoisotopic (exact) mass is 245 g/mol. The molecule has 0 fully saturated rings. The maximum atomic E-state index is 11.3. The lowest BCUT2D eigenvalue weighted by Gasteiger charge is -2.09. The molecule has 0 amide bonds. The van der Waals surface area contributed by atoms with Crippen LogP contribution in [0.15, 0.2) is 0 Å². The van der Waals surface area contributed by atoms with Crippen molar-refractivity contribution < 1.29 is 14.3 Å². The summed E-state index contributed by atoms with van der Waals surface area (Å²) in [5, 5.41) is 3.00. The van der Waals surface area contributed by atoms with Crippen molar-refractivity contribution in [3.8, 4) is 5.88 Å². The largest absolute Gasteiger partial charge is 0.479 e. The molecule has 0 aromatic carbocycles. The predicted molar refractivity (Wildman–Crippen MR) is 59.1 cm³/mol. The molecule has 1 aromatic heterocycles. The third kappa shape index (κ3) is 2.52. The number of methoxy groups -OCH3 is 2. The van der Waals surface area contributed by atoms with E-state index in [0.717, 1.165) is 0 Å². The van der Waals surface area contributed by atoms with Gasteiger partial charge >= 0.3 is 5.97 Å². The van der Waals surface area contributed by atoms with Gasteiger partial charge in [0.2, 0.25) is 11.6 Å². The Bertz CT molecular complexity index is 398. The van der Waals surface area contributed by atoms with Crippen LogP contribution < -0.4 is 10.1 Å². The second kappa shape index (κ2) is 5.50. The normalized spacial score (nSPS) is 9.75. The van der Waals surface area contributed by atoms with E-state index in [4.69, 9.17) is 16.3 Å². The molecule has 0 unspecified atom stereocenters. The average Bonchev–Trinajstić information content (AvgIpc) is 2.30. The zero-order valence-corrected chi connectivity index (χ0v) is 9.96. The molecular weight excluding hydrogens is 234 g/mol. The molecule has 0 saturated carbocycles. The van der Waals surface area contributed by atoms with Crippen molar-refractivity contribution in [1.29, 1.82) is 0 Å². The minimum Gasteiger partial charge on any atom is -0.479 e. The van der Waals surface area contributed by atoms with Crippen LogP contribution in [0, 0.1) is 0 Å². The third-order valence-electron chi connectivity index (χ3n) is 1.74. The molecule has 1 rings (SSSR count). The highest BCUT2D eigenvalue weighted by molar-refractivity contribution is 6.31. The number of anilines is 1. The SMILES string of the molecule is CCNc1nc(OC)c(C(=O)OC)nc1Cl.